The first-order chi connectivity index (χ1) is 14.0. The third-order valence-corrected chi connectivity index (χ3v) is 4.80. The first-order valence-electron chi connectivity index (χ1n) is 9.00. The first kappa shape index (κ1) is 18.4. The second-order valence-electron chi connectivity index (χ2n) is 6.59. The lowest BCUT2D eigenvalue weighted by molar-refractivity contribution is -0.142. The molecule has 1 saturated heterocycles. The maximum Gasteiger partial charge on any atom is 0.334 e. The van der Waals surface area contributed by atoms with E-state index in [0.29, 0.717) is 21.5 Å². The molecule has 29 heavy (non-hydrogen) atoms. The van der Waals surface area contributed by atoms with Gasteiger partial charge in [0.2, 0.25) is 0 Å². The number of benzene rings is 2. The molecule has 0 bridgehead atoms. The van der Waals surface area contributed by atoms with Crippen LogP contribution in [-0.4, -0.2) is 51.5 Å². The van der Waals surface area contributed by atoms with E-state index in [1.807, 2.05) is 48.5 Å². The van der Waals surface area contributed by atoms with E-state index in [9.17, 15) is 19.2 Å². The number of fused-ring (bicyclic) bond motifs is 1. The standard InChI is InChI=1S/C22H17N3O4/c1-2-12-24-20(27)21(28)25(22(24)29)13-17(26)18-15-10-6-7-11-16(15)23-19(18)14-8-4-3-5-9-14/h2-11,23H,1,12-13H2. The van der Waals surface area contributed by atoms with Crippen LogP contribution in [0.15, 0.2) is 67.3 Å². The third-order valence-electron chi connectivity index (χ3n) is 4.80. The highest BCUT2D eigenvalue weighted by Crippen LogP contribution is 2.31. The van der Waals surface area contributed by atoms with Crippen molar-refractivity contribution in [1.29, 1.82) is 0 Å². The number of ketones is 1. The molecule has 3 aromatic rings. The van der Waals surface area contributed by atoms with Crippen molar-refractivity contribution in [2.45, 2.75) is 0 Å². The number of nitrogens with one attached hydrogen (secondary N) is 1. The van der Waals surface area contributed by atoms with Crippen molar-refractivity contribution in [2.24, 2.45) is 0 Å². The van der Waals surface area contributed by atoms with Gasteiger partial charge in [0.05, 0.1) is 17.8 Å². The fourth-order valence-corrected chi connectivity index (χ4v) is 3.46. The number of rotatable bonds is 6. The van der Waals surface area contributed by atoms with Crippen molar-refractivity contribution in [3.05, 3.63) is 72.8 Å². The Balaban J connectivity index is 1.74. The average molecular weight is 387 g/mol. The van der Waals surface area contributed by atoms with Crippen LogP contribution in [0, 0.1) is 0 Å². The fourth-order valence-electron chi connectivity index (χ4n) is 3.46. The van der Waals surface area contributed by atoms with Crippen LogP contribution < -0.4 is 0 Å². The molecule has 2 aromatic carbocycles. The number of nitrogens with zero attached hydrogens (tertiary/aromatic N) is 2. The van der Waals surface area contributed by atoms with Gasteiger partial charge in [0.25, 0.3) is 0 Å². The first-order valence-corrected chi connectivity index (χ1v) is 9.00. The van der Waals surface area contributed by atoms with E-state index in [1.54, 1.807) is 6.07 Å². The number of H-pyrrole nitrogens is 1. The highest BCUT2D eigenvalue weighted by atomic mass is 16.2. The van der Waals surface area contributed by atoms with E-state index in [1.165, 1.54) is 6.08 Å². The molecule has 144 valence electrons. The summed E-state index contributed by atoms with van der Waals surface area (Å²) in [7, 11) is 0. The molecule has 7 nitrogen and oxygen atoms in total. The van der Waals surface area contributed by atoms with Gasteiger partial charge in [0.1, 0.15) is 0 Å². The Morgan fingerprint density at radius 1 is 0.931 bits per heavy atom. The van der Waals surface area contributed by atoms with Crippen LogP contribution in [0.5, 0.6) is 0 Å². The molecule has 4 rings (SSSR count). The van der Waals surface area contributed by atoms with Crippen molar-refractivity contribution < 1.29 is 19.2 Å². The summed E-state index contributed by atoms with van der Waals surface area (Å²) in [6.45, 7) is 2.88. The van der Waals surface area contributed by atoms with Gasteiger partial charge >= 0.3 is 17.8 Å². The number of aromatic nitrogens is 1. The predicted octanol–water partition coefficient (Wildman–Crippen LogP) is 2.99. The van der Waals surface area contributed by atoms with E-state index in [4.69, 9.17) is 0 Å². The number of hydrogen-bond acceptors (Lipinski definition) is 4. The number of Topliss-reactive ketones (excluding diaryl/α,β-unsaturated/α-hetero) is 1. The second-order valence-corrected chi connectivity index (χ2v) is 6.59. The van der Waals surface area contributed by atoms with Crippen LogP contribution >= 0.6 is 0 Å². The van der Waals surface area contributed by atoms with Crippen molar-refractivity contribution in [3.8, 4) is 11.3 Å². The topological polar surface area (TPSA) is 90.6 Å². The summed E-state index contributed by atoms with van der Waals surface area (Å²) in [6, 6.07) is 15.8. The van der Waals surface area contributed by atoms with Crippen molar-refractivity contribution >= 4 is 34.5 Å². The molecule has 4 amide bonds. The highest BCUT2D eigenvalue weighted by Gasteiger charge is 2.44. The van der Waals surface area contributed by atoms with Crippen LogP contribution in [-0.2, 0) is 9.59 Å². The third kappa shape index (κ3) is 3.02. The summed E-state index contributed by atoms with van der Waals surface area (Å²) in [5.74, 6) is -2.40. The number of imide groups is 2. The maximum atomic E-state index is 13.2. The molecule has 0 atom stereocenters. The molecule has 0 aliphatic carbocycles. The zero-order chi connectivity index (χ0) is 20.5. The molecule has 1 aliphatic heterocycles. The summed E-state index contributed by atoms with van der Waals surface area (Å²) in [4.78, 5) is 54.6. The van der Waals surface area contributed by atoms with Gasteiger partial charge in [-0.2, -0.15) is 0 Å². The number of urea groups is 1. The molecule has 1 aromatic heterocycles. The Hall–Kier alpha value is -4.00. The van der Waals surface area contributed by atoms with E-state index < -0.39 is 30.2 Å². The molecular formula is C22H17N3O4. The lowest BCUT2D eigenvalue weighted by Crippen LogP contribution is -2.37. The Kier molecular flexibility index (Phi) is 4.56. The molecule has 0 radical (unpaired) electrons. The highest BCUT2D eigenvalue weighted by molar-refractivity contribution is 6.45. The Morgan fingerprint density at radius 3 is 2.31 bits per heavy atom. The maximum absolute atomic E-state index is 13.2. The number of para-hydroxylation sites is 1. The summed E-state index contributed by atoms with van der Waals surface area (Å²) in [5, 5.41) is 0.685. The number of aromatic amines is 1. The Labute approximate surface area is 166 Å². The van der Waals surface area contributed by atoms with Gasteiger partial charge < -0.3 is 4.98 Å². The van der Waals surface area contributed by atoms with Gasteiger partial charge in [-0.1, -0.05) is 54.6 Å². The molecule has 1 fully saturated rings. The minimum atomic E-state index is -1.01. The van der Waals surface area contributed by atoms with E-state index in [-0.39, 0.29) is 6.54 Å². The van der Waals surface area contributed by atoms with Crippen LogP contribution in [0.1, 0.15) is 10.4 Å². The van der Waals surface area contributed by atoms with Gasteiger partial charge in [-0.15, -0.1) is 6.58 Å². The quantitative estimate of drug-likeness (QED) is 0.305. The molecule has 1 N–H and O–H groups in total. The Bertz CT molecular complexity index is 1160. The van der Waals surface area contributed by atoms with Gasteiger partial charge in [0, 0.05) is 17.4 Å². The molecule has 0 saturated carbocycles. The zero-order valence-corrected chi connectivity index (χ0v) is 15.4. The molecule has 2 heterocycles. The fraction of sp³-hybridized carbons (Fsp3) is 0.0909. The SMILES string of the molecule is C=CCN1C(=O)C(=O)N(CC(=O)c2c(-c3ccccc3)[nH]c3ccccc23)C1=O. The van der Waals surface area contributed by atoms with E-state index in [0.717, 1.165) is 16.0 Å². The minimum Gasteiger partial charge on any atom is -0.354 e. The minimum absolute atomic E-state index is 0.0869. The summed E-state index contributed by atoms with van der Waals surface area (Å²) in [6.07, 6.45) is 1.35. The predicted molar refractivity (Wildman–Crippen MR) is 107 cm³/mol. The van der Waals surface area contributed by atoms with Crippen LogP contribution in [0.4, 0.5) is 4.79 Å². The molecule has 7 heteroatoms. The molecule has 1 aliphatic rings. The van der Waals surface area contributed by atoms with E-state index >= 15 is 0 Å². The number of amides is 4. The number of carbonyl (C=O) groups is 4. The molecular weight excluding hydrogens is 370 g/mol. The number of carbonyl (C=O) groups excluding carboxylic acids is 4. The second kappa shape index (κ2) is 7.20. The Morgan fingerprint density at radius 2 is 1.59 bits per heavy atom. The monoisotopic (exact) mass is 387 g/mol. The van der Waals surface area contributed by atoms with Crippen LogP contribution in [0.2, 0.25) is 0 Å². The lowest BCUT2D eigenvalue weighted by Gasteiger charge is -2.14. The zero-order valence-electron chi connectivity index (χ0n) is 15.4. The summed E-state index contributed by atoms with van der Waals surface area (Å²) < 4.78 is 0. The summed E-state index contributed by atoms with van der Waals surface area (Å²) >= 11 is 0. The van der Waals surface area contributed by atoms with Crippen molar-refractivity contribution in [1.82, 2.24) is 14.8 Å². The molecule has 0 spiro atoms. The van der Waals surface area contributed by atoms with Gasteiger partial charge in [-0.05, 0) is 11.6 Å². The molecule has 0 unspecified atom stereocenters. The van der Waals surface area contributed by atoms with Crippen molar-refractivity contribution in [2.75, 3.05) is 13.1 Å². The van der Waals surface area contributed by atoms with E-state index in [2.05, 4.69) is 11.6 Å². The lowest BCUT2D eigenvalue weighted by atomic mass is 10.0. The largest absolute Gasteiger partial charge is 0.354 e. The van der Waals surface area contributed by atoms with Gasteiger partial charge in [-0.3, -0.25) is 19.3 Å². The smallest absolute Gasteiger partial charge is 0.334 e. The normalized spacial score (nSPS) is 14.1. The summed E-state index contributed by atoms with van der Waals surface area (Å²) in [5.41, 5.74) is 2.54. The van der Waals surface area contributed by atoms with Crippen LogP contribution in [0.3, 0.4) is 0 Å². The average Bonchev–Trinajstić information content (AvgIpc) is 3.22. The van der Waals surface area contributed by atoms with Gasteiger partial charge in [0.15, 0.2) is 5.78 Å². The van der Waals surface area contributed by atoms with Crippen LogP contribution in [0.25, 0.3) is 22.2 Å². The number of hydrogen-bond donors (Lipinski definition) is 1. The van der Waals surface area contributed by atoms with Crippen molar-refractivity contribution in [3.63, 3.8) is 0 Å². The van der Waals surface area contributed by atoms with Gasteiger partial charge in [-0.25, -0.2) is 9.69 Å².